The Bertz CT molecular complexity index is 980. The van der Waals surface area contributed by atoms with Crippen molar-refractivity contribution in [2.75, 3.05) is 0 Å². The summed E-state index contributed by atoms with van der Waals surface area (Å²) in [4.78, 5) is 23.9. The number of hydrazone groups is 1. The van der Waals surface area contributed by atoms with Gasteiger partial charge in [-0.05, 0) is 66.6 Å². The Morgan fingerprint density at radius 3 is 2.59 bits per heavy atom. The number of nitrogens with one attached hydrogen (secondary N) is 1. The minimum Gasteiger partial charge on any atom is -0.457 e. The van der Waals surface area contributed by atoms with Crippen LogP contribution >= 0.6 is 11.6 Å². The monoisotopic (exact) mass is 382 g/mol. The van der Waals surface area contributed by atoms with Crippen molar-refractivity contribution in [2.24, 2.45) is 5.10 Å². The van der Waals surface area contributed by atoms with Crippen molar-refractivity contribution in [2.45, 2.75) is 6.92 Å². The normalized spacial score (nSPS) is 10.7. The highest BCUT2D eigenvalue weighted by Gasteiger charge is 2.11. The van der Waals surface area contributed by atoms with Crippen molar-refractivity contribution in [1.82, 2.24) is 5.43 Å². The Morgan fingerprint density at radius 2 is 1.93 bits per heavy atom. The van der Waals surface area contributed by atoms with E-state index >= 15 is 0 Å². The first-order valence-corrected chi connectivity index (χ1v) is 8.36. The van der Waals surface area contributed by atoms with Gasteiger partial charge in [-0.2, -0.15) is 5.10 Å². The molecular formula is C20H15ClN2O4. The molecule has 3 rings (SSSR count). The van der Waals surface area contributed by atoms with E-state index in [1.807, 2.05) is 6.92 Å². The van der Waals surface area contributed by atoms with E-state index in [1.165, 1.54) is 18.5 Å². The third kappa shape index (κ3) is 4.83. The van der Waals surface area contributed by atoms with Crippen LogP contribution < -0.4 is 10.2 Å². The fourth-order valence-electron chi connectivity index (χ4n) is 2.20. The van der Waals surface area contributed by atoms with Gasteiger partial charge >= 0.3 is 5.97 Å². The fourth-order valence-corrected chi connectivity index (χ4v) is 2.52. The number of ether oxygens (including phenoxy) is 1. The number of aryl methyl sites for hydroxylation is 1. The summed E-state index contributed by atoms with van der Waals surface area (Å²) in [6.07, 6.45) is 2.87. The maximum Gasteiger partial charge on any atom is 0.379 e. The molecule has 0 aliphatic heterocycles. The maximum absolute atomic E-state index is 12.1. The number of rotatable bonds is 5. The van der Waals surface area contributed by atoms with Crippen LogP contribution in [0.4, 0.5) is 0 Å². The zero-order chi connectivity index (χ0) is 19.2. The predicted molar refractivity (Wildman–Crippen MR) is 101 cm³/mol. The van der Waals surface area contributed by atoms with Crippen molar-refractivity contribution >= 4 is 29.7 Å². The van der Waals surface area contributed by atoms with Gasteiger partial charge in [-0.15, -0.1) is 0 Å². The van der Waals surface area contributed by atoms with Crippen LogP contribution in [0.3, 0.4) is 0 Å². The number of hydrogen-bond donors (Lipinski definition) is 1. The molecule has 2 aromatic carbocycles. The highest BCUT2D eigenvalue weighted by Crippen LogP contribution is 2.17. The minimum atomic E-state index is -0.580. The van der Waals surface area contributed by atoms with Crippen LogP contribution in [-0.4, -0.2) is 18.1 Å². The Balaban J connectivity index is 1.57. The topological polar surface area (TPSA) is 80.9 Å². The lowest BCUT2D eigenvalue weighted by atomic mass is 10.1. The quantitative estimate of drug-likeness (QED) is 0.310. The first kappa shape index (κ1) is 18.4. The van der Waals surface area contributed by atoms with E-state index in [9.17, 15) is 9.59 Å². The second kappa shape index (κ2) is 8.33. The molecule has 7 heteroatoms. The lowest BCUT2D eigenvalue weighted by Gasteiger charge is -2.04. The van der Waals surface area contributed by atoms with Crippen molar-refractivity contribution in [1.29, 1.82) is 0 Å². The summed E-state index contributed by atoms with van der Waals surface area (Å²) >= 11 is 6.06. The molecule has 0 radical (unpaired) electrons. The molecule has 1 N–H and O–H groups in total. The van der Waals surface area contributed by atoms with Crippen LogP contribution in [0.25, 0.3) is 0 Å². The third-order valence-corrected chi connectivity index (χ3v) is 3.87. The fraction of sp³-hybridized carbons (Fsp3) is 0.0500. The van der Waals surface area contributed by atoms with Gasteiger partial charge in [0.05, 0.1) is 23.1 Å². The van der Waals surface area contributed by atoms with Gasteiger partial charge in [-0.1, -0.05) is 17.7 Å². The molecule has 0 atom stereocenters. The molecule has 0 spiro atoms. The zero-order valence-corrected chi connectivity index (χ0v) is 15.1. The largest absolute Gasteiger partial charge is 0.457 e. The van der Waals surface area contributed by atoms with Gasteiger partial charge in [0.2, 0.25) is 5.76 Å². The molecule has 0 aliphatic rings. The number of amides is 1. The molecular weight excluding hydrogens is 368 g/mol. The van der Waals surface area contributed by atoms with Crippen LogP contribution in [0.15, 0.2) is 70.4 Å². The standard InChI is InChI=1S/C20H15ClN2O4/c1-13-4-9-16(17(21)11-13)19(24)23-22-12-14-5-7-15(8-6-14)27-20(25)18-3-2-10-26-18/h2-12H,1H3,(H,23,24)/b22-12-. The Morgan fingerprint density at radius 1 is 1.15 bits per heavy atom. The van der Waals surface area contributed by atoms with Crippen molar-refractivity contribution < 1.29 is 18.7 Å². The molecule has 1 aromatic heterocycles. The Labute approximate surface area is 160 Å². The number of furan rings is 1. The zero-order valence-electron chi connectivity index (χ0n) is 14.3. The van der Waals surface area contributed by atoms with E-state index in [-0.39, 0.29) is 5.76 Å². The summed E-state index contributed by atoms with van der Waals surface area (Å²) in [5.74, 6) is -0.494. The molecule has 0 bridgehead atoms. The van der Waals surface area contributed by atoms with E-state index in [0.717, 1.165) is 5.56 Å². The second-order valence-corrected chi connectivity index (χ2v) is 6.03. The number of esters is 1. The molecule has 0 unspecified atom stereocenters. The van der Waals surface area contributed by atoms with Gasteiger partial charge in [0, 0.05) is 0 Å². The number of benzene rings is 2. The van der Waals surface area contributed by atoms with Crippen LogP contribution in [0, 0.1) is 6.92 Å². The van der Waals surface area contributed by atoms with E-state index in [0.29, 0.717) is 21.9 Å². The summed E-state index contributed by atoms with van der Waals surface area (Å²) in [6, 6.07) is 14.9. The Kier molecular flexibility index (Phi) is 5.68. The van der Waals surface area contributed by atoms with Crippen LogP contribution in [-0.2, 0) is 0 Å². The van der Waals surface area contributed by atoms with Gasteiger partial charge < -0.3 is 9.15 Å². The number of hydrogen-bond acceptors (Lipinski definition) is 5. The first-order chi connectivity index (χ1) is 13.0. The molecule has 0 saturated carbocycles. The highest BCUT2D eigenvalue weighted by atomic mass is 35.5. The maximum atomic E-state index is 12.1. The van der Waals surface area contributed by atoms with Crippen LogP contribution in [0.1, 0.15) is 32.0 Å². The lowest BCUT2D eigenvalue weighted by Crippen LogP contribution is -2.18. The molecule has 136 valence electrons. The average molecular weight is 383 g/mol. The molecule has 0 fully saturated rings. The summed E-state index contributed by atoms with van der Waals surface area (Å²) in [7, 11) is 0. The third-order valence-electron chi connectivity index (χ3n) is 3.56. The molecule has 0 saturated heterocycles. The van der Waals surface area contributed by atoms with Gasteiger partial charge in [0.25, 0.3) is 5.91 Å². The summed E-state index contributed by atoms with van der Waals surface area (Å²) in [5.41, 5.74) is 4.45. The van der Waals surface area contributed by atoms with Gasteiger partial charge in [0.15, 0.2) is 0 Å². The summed E-state index contributed by atoms with van der Waals surface area (Å²) in [6.45, 7) is 1.89. The van der Waals surface area contributed by atoms with Crippen LogP contribution in [0.2, 0.25) is 5.02 Å². The molecule has 1 heterocycles. The number of nitrogens with zero attached hydrogens (tertiary/aromatic N) is 1. The molecule has 0 aliphatic carbocycles. The van der Waals surface area contributed by atoms with Crippen LogP contribution in [0.5, 0.6) is 5.75 Å². The van der Waals surface area contributed by atoms with Crippen molar-refractivity contribution in [3.8, 4) is 5.75 Å². The van der Waals surface area contributed by atoms with Gasteiger partial charge in [-0.25, -0.2) is 10.2 Å². The number of carbonyl (C=O) groups excluding carboxylic acids is 2. The SMILES string of the molecule is Cc1ccc(C(=O)N/N=C\c2ccc(OC(=O)c3ccco3)cc2)c(Cl)c1. The minimum absolute atomic E-state index is 0.123. The smallest absolute Gasteiger partial charge is 0.379 e. The molecule has 1 amide bonds. The van der Waals surface area contributed by atoms with E-state index in [4.69, 9.17) is 20.8 Å². The summed E-state index contributed by atoms with van der Waals surface area (Å²) in [5, 5.41) is 4.27. The van der Waals surface area contributed by atoms with Crippen molar-refractivity contribution in [3.05, 3.63) is 88.3 Å². The lowest BCUT2D eigenvalue weighted by molar-refractivity contribution is 0.0701. The van der Waals surface area contributed by atoms with Gasteiger partial charge in [-0.3, -0.25) is 4.79 Å². The Hall–Kier alpha value is -3.38. The van der Waals surface area contributed by atoms with E-state index < -0.39 is 11.9 Å². The second-order valence-electron chi connectivity index (χ2n) is 5.62. The predicted octanol–water partition coefficient (Wildman–Crippen LogP) is 4.22. The van der Waals surface area contributed by atoms with Gasteiger partial charge in [0.1, 0.15) is 5.75 Å². The van der Waals surface area contributed by atoms with E-state index in [2.05, 4.69) is 10.5 Å². The first-order valence-electron chi connectivity index (χ1n) is 7.98. The van der Waals surface area contributed by atoms with Crippen molar-refractivity contribution in [3.63, 3.8) is 0 Å². The average Bonchev–Trinajstić information content (AvgIpc) is 3.18. The van der Waals surface area contributed by atoms with E-state index in [1.54, 1.807) is 48.5 Å². The highest BCUT2D eigenvalue weighted by molar-refractivity contribution is 6.33. The number of halogens is 1. The number of carbonyl (C=O) groups is 2. The molecule has 27 heavy (non-hydrogen) atoms. The molecule has 6 nitrogen and oxygen atoms in total. The molecule has 3 aromatic rings. The summed E-state index contributed by atoms with van der Waals surface area (Å²) < 4.78 is 10.1.